The van der Waals surface area contributed by atoms with Crippen LogP contribution in [0.2, 0.25) is 5.02 Å². The molecule has 8 heteroatoms. The summed E-state index contributed by atoms with van der Waals surface area (Å²) in [7, 11) is 0. The molecule has 1 aliphatic rings. The highest BCUT2D eigenvalue weighted by Gasteiger charge is 2.19. The van der Waals surface area contributed by atoms with Crippen LogP contribution in [0.25, 0.3) is 0 Å². The van der Waals surface area contributed by atoms with Gasteiger partial charge in [0, 0.05) is 18.7 Å². The average molecular weight is 328 g/mol. The first-order valence-electron chi connectivity index (χ1n) is 6.75. The number of nitrogens with one attached hydrogen (secondary N) is 2. The molecule has 0 saturated carbocycles. The monoisotopic (exact) mass is 327 g/mol. The molecule has 1 saturated heterocycles. The summed E-state index contributed by atoms with van der Waals surface area (Å²) in [6.07, 6.45) is 2.78. The third-order valence-corrected chi connectivity index (χ3v) is 3.41. The lowest BCUT2D eigenvalue weighted by atomic mass is 10.2. The van der Waals surface area contributed by atoms with Crippen LogP contribution in [0.4, 0.5) is 4.39 Å². The Balaban J connectivity index is 1.81. The zero-order valence-electron chi connectivity index (χ0n) is 11.6. The van der Waals surface area contributed by atoms with Gasteiger partial charge in [0.25, 0.3) is 0 Å². The first-order valence-corrected chi connectivity index (χ1v) is 7.12. The maximum Gasteiger partial charge on any atom is 0.329 e. The summed E-state index contributed by atoms with van der Waals surface area (Å²) in [6, 6.07) is 4.15. The molecule has 0 spiro atoms. The van der Waals surface area contributed by atoms with Crippen molar-refractivity contribution in [1.29, 1.82) is 0 Å². The van der Waals surface area contributed by atoms with E-state index in [9.17, 15) is 14.0 Å². The Morgan fingerprint density at radius 1 is 1.45 bits per heavy atom. The van der Waals surface area contributed by atoms with Gasteiger partial charge in [-0.1, -0.05) is 17.7 Å². The second kappa shape index (κ2) is 7.86. The highest BCUT2D eigenvalue weighted by atomic mass is 35.5. The fourth-order valence-electron chi connectivity index (χ4n) is 1.93. The second-order valence-electron chi connectivity index (χ2n) is 4.68. The summed E-state index contributed by atoms with van der Waals surface area (Å²) in [5.74, 6) is -2.35. The third kappa shape index (κ3) is 4.51. The van der Waals surface area contributed by atoms with Crippen LogP contribution in [-0.4, -0.2) is 37.3 Å². The van der Waals surface area contributed by atoms with E-state index in [1.165, 1.54) is 18.2 Å². The van der Waals surface area contributed by atoms with E-state index in [2.05, 4.69) is 10.4 Å². The largest absolute Gasteiger partial charge is 0.376 e. The molecule has 2 N–H and O–H groups in total. The van der Waals surface area contributed by atoms with Crippen LogP contribution < -0.4 is 10.7 Å². The second-order valence-corrected chi connectivity index (χ2v) is 5.09. The molecule has 0 radical (unpaired) electrons. The van der Waals surface area contributed by atoms with Crippen molar-refractivity contribution in [3.8, 4) is 0 Å². The van der Waals surface area contributed by atoms with Crippen LogP contribution in [0.3, 0.4) is 0 Å². The first-order chi connectivity index (χ1) is 10.6. The minimum Gasteiger partial charge on any atom is -0.376 e. The van der Waals surface area contributed by atoms with Crippen LogP contribution in [0.15, 0.2) is 23.3 Å². The molecule has 1 atom stereocenters. The number of hydrazone groups is 1. The molecule has 1 aliphatic heterocycles. The van der Waals surface area contributed by atoms with Gasteiger partial charge in [-0.05, 0) is 25.0 Å². The fourth-order valence-corrected chi connectivity index (χ4v) is 2.14. The summed E-state index contributed by atoms with van der Waals surface area (Å²) in [5.41, 5.74) is 2.04. The number of halogens is 2. The molecular weight excluding hydrogens is 313 g/mol. The normalized spacial score (nSPS) is 17.6. The van der Waals surface area contributed by atoms with E-state index >= 15 is 0 Å². The summed E-state index contributed by atoms with van der Waals surface area (Å²) in [5, 5.41) is 6.12. The zero-order chi connectivity index (χ0) is 15.9. The number of rotatable bonds is 4. The molecular formula is C14H15ClFN3O3. The summed E-state index contributed by atoms with van der Waals surface area (Å²) >= 11 is 5.79. The van der Waals surface area contributed by atoms with Crippen molar-refractivity contribution in [2.75, 3.05) is 13.2 Å². The Morgan fingerprint density at radius 3 is 2.95 bits per heavy atom. The molecule has 1 fully saturated rings. The number of hydrogen-bond donors (Lipinski definition) is 2. The molecule has 22 heavy (non-hydrogen) atoms. The number of carbonyl (C=O) groups excluding carboxylic acids is 2. The number of hydrogen-bond acceptors (Lipinski definition) is 4. The van der Waals surface area contributed by atoms with Crippen LogP contribution in [-0.2, 0) is 14.3 Å². The maximum atomic E-state index is 13.4. The van der Waals surface area contributed by atoms with Gasteiger partial charge in [0.05, 0.1) is 17.3 Å². The van der Waals surface area contributed by atoms with Gasteiger partial charge in [-0.2, -0.15) is 5.10 Å². The third-order valence-electron chi connectivity index (χ3n) is 3.08. The Kier molecular flexibility index (Phi) is 5.85. The van der Waals surface area contributed by atoms with Crippen LogP contribution in [0.1, 0.15) is 18.4 Å². The van der Waals surface area contributed by atoms with Crippen molar-refractivity contribution in [2.45, 2.75) is 18.9 Å². The molecule has 1 unspecified atom stereocenters. The SMILES string of the molecule is O=C(NCC1CCCO1)C(=O)N/N=C/c1c(F)cccc1Cl. The standard InChI is InChI=1S/C14H15ClFN3O3/c15-11-4-1-5-12(16)10(11)8-18-19-14(21)13(20)17-7-9-3-2-6-22-9/h1,4-5,8-9H,2-3,6-7H2,(H,17,20)(H,19,21)/b18-8+. The van der Waals surface area contributed by atoms with Gasteiger partial charge in [-0.3, -0.25) is 9.59 Å². The predicted molar refractivity (Wildman–Crippen MR) is 79.1 cm³/mol. The van der Waals surface area contributed by atoms with Crippen LogP contribution >= 0.6 is 11.6 Å². The minimum absolute atomic E-state index is 0.0317. The Labute approximate surface area is 131 Å². The quantitative estimate of drug-likeness (QED) is 0.496. The van der Waals surface area contributed by atoms with E-state index in [0.29, 0.717) is 6.61 Å². The van der Waals surface area contributed by atoms with Crippen LogP contribution in [0.5, 0.6) is 0 Å². The predicted octanol–water partition coefficient (Wildman–Crippen LogP) is 1.22. The van der Waals surface area contributed by atoms with E-state index in [4.69, 9.17) is 16.3 Å². The van der Waals surface area contributed by atoms with E-state index in [0.717, 1.165) is 19.1 Å². The van der Waals surface area contributed by atoms with Crippen LogP contribution in [0, 0.1) is 5.82 Å². The van der Waals surface area contributed by atoms with E-state index in [-0.39, 0.29) is 23.2 Å². The molecule has 2 amide bonds. The Hall–Kier alpha value is -1.99. The van der Waals surface area contributed by atoms with Gasteiger partial charge >= 0.3 is 11.8 Å². The average Bonchev–Trinajstić information content (AvgIpc) is 3.01. The van der Waals surface area contributed by atoms with Crippen molar-refractivity contribution in [3.63, 3.8) is 0 Å². The van der Waals surface area contributed by atoms with Crippen molar-refractivity contribution in [2.24, 2.45) is 5.10 Å². The fraction of sp³-hybridized carbons (Fsp3) is 0.357. The van der Waals surface area contributed by atoms with Gasteiger partial charge in [-0.25, -0.2) is 9.82 Å². The molecule has 1 aromatic rings. The zero-order valence-corrected chi connectivity index (χ0v) is 12.4. The van der Waals surface area contributed by atoms with Gasteiger partial charge in [0.1, 0.15) is 5.82 Å². The number of benzene rings is 1. The van der Waals surface area contributed by atoms with Crippen molar-refractivity contribution in [1.82, 2.24) is 10.7 Å². The van der Waals surface area contributed by atoms with Crippen molar-refractivity contribution >= 4 is 29.6 Å². The first kappa shape index (κ1) is 16.4. The molecule has 0 bridgehead atoms. The lowest BCUT2D eigenvalue weighted by Gasteiger charge is -2.09. The van der Waals surface area contributed by atoms with Gasteiger partial charge < -0.3 is 10.1 Å². The molecule has 1 heterocycles. The molecule has 0 aromatic heterocycles. The summed E-state index contributed by atoms with van der Waals surface area (Å²) < 4.78 is 18.8. The topological polar surface area (TPSA) is 79.8 Å². The highest BCUT2D eigenvalue weighted by molar-refractivity contribution is 6.35. The molecule has 6 nitrogen and oxygen atoms in total. The number of nitrogens with zero attached hydrogens (tertiary/aromatic N) is 1. The van der Waals surface area contributed by atoms with Crippen molar-refractivity contribution < 1.29 is 18.7 Å². The lowest BCUT2D eigenvalue weighted by molar-refractivity contribution is -0.139. The number of carbonyl (C=O) groups is 2. The number of ether oxygens (including phenoxy) is 1. The van der Waals surface area contributed by atoms with Gasteiger partial charge in [0.15, 0.2) is 0 Å². The smallest absolute Gasteiger partial charge is 0.329 e. The summed E-state index contributed by atoms with van der Waals surface area (Å²) in [6.45, 7) is 0.940. The summed E-state index contributed by atoms with van der Waals surface area (Å²) in [4.78, 5) is 23.0. The van der Waals surface area contributed by atoms with E-state index in [1.54, 1.807) is 0 Å². The number of amides is 2. The molecule has 2 rings (SSSR count). The Bertz CT molecular complexity index is 568. The molecule has 1 aromatic carbocycles. The minimum atomic E-state index is -0.943. The van der Waals surface area contributed by atoms with Crippen molar-refractivity contribution in [3.05, 3.63) is 34.6 Å². The van der Waals surface area contributed by atoms with E-state index in [1.807, 2.05) is 5.43 Å². The van der Waals surface area contributed by atoms with Gasteiger partial charge in [-0.15, -0.1) is 0 Å². The highest BCUT2D eigenvalue weighted by Crippen LogP contribution is 2.16. The lowest BCUT2D eigenvalue weighted by Crippen LogP contribution is -2.41. The van der Waals surface area contributed by atoms with E-state index < -0.39 is 17.6 Å². The Morgan fingerprint density at radius 2 is 2.27 bits per heavy atom. The van der Waals surface area contributed by atoms with Gasteiger partial charge in [0.2, 0.25) is 0 Å². The molecule has 0 aliphatic carbocycles. The maximum absolute atomic E-state index is 13.4. The molecule has 118 valence electrons.